The van der Waals surface area contributed by atoms with E-state index >= 15 is 0 Å². The van der Waals surface area contributed by atoms with Gasteiger partial charge in [0.1, 0.15) is 5.03 Å². The van der Waals surface area contributed by atoms with Crippen molar-refractivity contribution in [2.24, 2.45) is 11.0 Å². The molecule has 1 rings (SSSR count). The fourth-order valence-corrected chi connectivity index (χ4v) is 2.34. The fraction of sp³-hybridized carbons (Fsp3) is 0.500. The lowest BCUT2D eigenvalue weighted by molar-refractivity contribution is -0.118. The van der Waals surface area contributed by atoms with Crippen LogP contribution in [0.4, 0.5) is 0 Å². The third-order valence-electron chi connectivity index (χ3n) is 1.91. The molecule has 1 heterocycles. The molecule has 0 bridgehead atoms. The number of rotatable bonds is 6. The number of nitrogens with zero attached hydrogens (tertiary/aromatic N) is 3. The smallest absolute Gasteiger partial charge is 0.250 e. The van der Waals surface area contributed by atoms with Crippen LogP contribution in [0.1, 0.15) is 19.5 Å². The van der Waals surface area contributed by atoms with Crippen molar-refractivity contribution in [3.63, 3.8) is 0 Å². The van der Waals surface area contributed by atoms with Gasteiger partial charge in [-0.3, -0.25) is 4.79 Å². The molecule has 19 heavy (non-hydrogen) atoms. The van der Waals surface area contributed by atoms with Crippen molar-refractivity contribution >= 4 is 35.6 Å². The molecule has 0 saturated carbocycles. The molecule has 5 nitrogen and oxygen atoms in total. The first-order valence-electron chi connectivity index (χ1n) is 5.85. The number of hydrogen-bond donors (Lipinski definition) is 1. The van der Waals surface area contributed by atoms with Crippen LogP contribution in [0.15, 0.2) is 21.4 Å². The number of aromatic nitrogens is 2. The number of carbonyl (C=O) groups excluding carboxylic acids is 1. The first kappa shape index (κ1) is 16.0. The Morgan fingerprint density at radius 3 is 2.89 bits per heavy atom. The zero-order valence-corrected chi connectivity index (χ0v) is 13.1. The van der Waals surface area contributed by atoms with Crippen molar-refractivity contribution < 1.29 is 4.79 Å². The number of hydrogen-bond acceptors (Lipinski definition) is 6. The summed E-state index contributed by atoms with van der Waals surface area (Å²) in [5.74, 6) is 0.477. The Kier molecular flexibility index (Phi) is 6.86. The maximum absolute atomic E-state index is 11.5. The predicted molar refractivity (Wildman–Crippen MR) is 80.7 cm³/mol. The van der Waals surface area contributed by atoms with Gasteiger partial charge in [0.2, 0.25) is 5.91 Å². The number of hydrazone groups is 1. The minimum atomic E-state index is -0.135. The maximum Gasteiger partial charge on any atom is 0.250 e. The average Bonchev–Trinajstić information content (AvgIpc) is 2.35. The highest BCUT2D eigenvalue weighted by Crippen LogP contribution is 2.19. The van der Waals surface area contributed by atoms with Crippen LogP contribution in [-0.2, 0) is 4.79 Å². The van der Waals surface area contributed by atoms with Gasteiger partial charge in [0.15, 0.2) is 5.16 Å². The van der Waals surface area contributed by atoms with Crippen molar-refractivity contribution in [2.75, 3.05) is 12.0 Å². The third kappa shape index (κ3) is 6.58. The van der Waals surface area contributed by atoms with Gasteiger partial charge in [0.25, 0.3) is 0 Å². The SMILES string of the molecule is CSc1nc(C)cc(SCC(=O)NN=CC(C)C)n1. The van der Waals surface area contributed by atoms with E-state index in [1.807, 2.05) is 33.1 Å². The van der Waals surface area contributed by atoms with Crippen molar-refractivity contribution in [3.05, 3.63) is 11.8 Å². The van der Waals surface area contributed by atoms with Crippen LogP contribution in [0.25, 0.3) is 0 Å². The Balaban J connectivity index is 2.48. The van der Waals surface area contributed by atoms with E-state index in [1.54, 1.807) is 6.21 Å². The Morgan fingerprint density at radius 2 is 2.26 bits per heavy atom. The summed E-state index contributed by atoms with van der Waals surface area (Å²) in [4.78, 5) is 20.1. The zero-order chi connectivity index (χ0) is 14.3. The van der Waals surface area contributed by atoms with E-state index in [4.69, 9.17) is 0 Å². The van der Waals surface area contributed by atoms with Gasteiger partial charge in [-0.25, -0.2) is 15.4 Å². The van der Waals surface area contributed by atoms with Crippen LogP contribution in [0, 0.1) is 12.8 Å². The third-order valence-corrected chi connectivity index (χ3v) is 3.36. The summed E-state index contributed by atoms with van der Waals surface area (Å²) in [5.41, 5.74) is 3.39. The summed E-state index contributed by atoms with van der Waals surface area (Å²) in [6.07, 6.45) is 3.62. The van der Waals surface area contributed by atoms with Crippen molar-refractivity contribution in [3.8, 4) is 0 Å². The van der Waals surface area contributed by atoms with Crippen LogP contribution < -0.4 is 5.43 Å². The summed E-state index contributed by atoms with van der Waals surface area (Å²) in [6, 6.07) is 1.87. The van der Waals surface area contributed by atoms with Gasteiger partial charge in [-0.1, -0.05) is 37.4 Å². The first-order valence-corrected chi connectivity index (χ1v) is 8.06. The number of nitrogens with one attached hydrogen (secondary N) is 1. The van der Waals surface area contributed by atoms with Crippen LogP contribution in [-0.4, -0.2) is 34.1 Å². The largest absolute Gasteiger partial charge is 0.272 e. The van der Waals surface area contributed by atoms with Crippen LogP contribution in [0.2, 0.25) is 0 Å². The van der Waals surface area contributed by atoms with Crippen LogP contribution >= 0.6 is 23.5 Å². The molecule has 0 aliphatic heterocycles. The second kappa shape index (κ2) is 8.16. The van der Waals surface area contributed by atoms with E-state index in [0.717, 1.165) is 15.9 Å². The normalized spacial score (nSPS) is 11.2. The first-order chi connectivity index (χ1) is 9.01. The van der Waals surface area contributed by atoms with Gasteiger partial charge in [-0.2, -0.15) is 5.10 Å². The monoisotopic (exact) mass is 298 g/mol. The van der Waals surface area contributed by atoms with E-state index in [0.29, 0.717) is 11.7 Å². The highest BCUT2D eigenvalue weighted by molar-refractivity contribution is 8.00. The molecule has 0 atom stereocenters. The van der Waals surface area contributed by atoms with Crippen molar-refractivity contribution in [1.82, 2.24) is 15.4 Å². The van der Waals surface area contributed by atoms with Crippen molar-refractivity contribution in [2.45, 2.75) is 31.0 Å². The van der Waals surface area contributed by atoms with E-state index in [1.165, 1.54) is 23.5 Å². The molecule has 7 heteroatoms. The van der Waals surface area contributed by atoms with Crippen molar-refractivity contribution in [1.29, 1.82) is 0 Å². The number of thioether (sulfide) groups is 2. The van der Waals surface area contributed by atoms with Crippen LogP contribution in [0.3, 0.4) is 0 Å². The Bertz CT molecular complexity index is 463. The Hall–Kier alpha value is -1.08. The average molecular weight is 298 g/mol. The number of carbonyl (C=O) groups is 1. The van der Waals surface area contributed by atoms with Gasteiger partial charge >= 0.3 is 0 Å². The summed E-state index contributed by atoms with van der Waals surface area (Å²) >= 11 is 2.87. The molecule has 1 N–H and O–H groups in total. The summed E-state index contributed by atoms with van der Waals surface area (Å²) < 4.78 is 0. The molecule has 0 aromatic carbocycles. The quantitative estimate of drug-likeness (QED) is 0.287. The molecule has 1 amide bonds. The van der Waals surface area contributed by atoms with E-state index in [-0.39, 0.29) is 5.91 Å². The predicted octanol–water partition coefficient (Wildman–Crippen LogP) is 2.36. The zero-order valence-electron chi connectivity index (χ0n) is 11.5. The van der Waals surface area contributed by atoms with E-state index < -0.39 is 0 Å². The fourth-order valence-electron chi connectivity index (χ4n) is 1.11. The molecule has 1 aromatic rings. The molecule has 0 aliphatic carbocycles. The maximum atomic E-state index is 11.5. The van der Waals surface area contributed by atoms with Gasteiger partial charge < -0.3 is 0 Å². The Morgan fingerprint density at radius 1 is 1.53 bits per heavy atom. The molecule has 0 unspecified atom stereocenters. The highest BCUT2D eigenvalue weighted by Gasteiger charge is 2.05. The highest BCUT2D eigenvalue weighted by atomic mass is 32.2. The number of amides is 1. The molecular weight excluding hydrogens is 280 g/mol. The summed E-state index contributed by atoms with van der Waals surface area (Å²) in [6.45, 7) is 5.91. The lowest BCUT2D eigenvalue weighted by atomic mass is 10.3. The minimum Gasteiger partial charge on any atom is -0.272 e. The lowest BCUT2D eigenvalue weighted by Crippen LogP contribution is -2.20. The Labute approximate surface area is 122 Å². The van der Waals surface area contributed by atoms with Gasteiger partial charge in [0, 0.05) is 11.9 Å². The standard InChI is InChI=1S/C12H18N4OS2/c1-8(2)6-13-16-10(17)7-19-11-5-9(3)14-12(15-11)18-4/h5-6,8H,7H2,1-4H3,(H,16,17). The van der Waals surface area contributed by atoms with Gasteiger partial charge in [-0.05, 0) is 25.2 Å². The van der Waals surface area contributed by atoms with Crippen LogP contribution in [0.5, 0.6) is 0 Å². The molecule has 0 spiro atoms. The molecule has 0 radical (unpaired) electrons. The summed E-state index contributed by atoms with van der Waals surface area (Å²) in [5, 5.41) is 5.39. The second-order valence-corrected chi connectivity index (χ2v) is 5.95. The number of aryl methyl sites for hydroxylation is 1. The molecule has 1 aromatic heterocycles. The second-order valence-electron chi connectivity index (χ2n) is 4.18. The lowest BCUT2D eigenvalue weighted by Gasteiger charge is -2.03. The molecule has 0 fully saturated rings. The van der Waals surface area contributed by atoms with Gasteiger partial charge in [0.05, 0.1) is 5.75 Å². The van der Waals surface area contributed by atoms with Gasteiger partial charge in [-0.15, -0.1) is 0 Å². The molecule has 0 saturated heterocycles. The molecule has 0 aliphatic rings. The molecular formula is C12H18N4OS2. The molecule has 104 valence electrons. The topological polar surface area (TPSA) is 67.2 Å². The van der Waals surface area contributed by atoms with E-state index in [9.17, 15) is 4.79 Å². The van der Waals surface area contributed by atoms with E-state index in [2.05, 4.69) is 20.5 Å². The minimum absolute atomic E-state index is 0.135. The summed E-state index contributed by atoms with van der Waals surface area (Å²) in [7, 11) is 0.